The Balaban J connectivity index is 1.81. The van der Waals surface area contributed by atoms with E-state index in [1.165, 1.54) is 0 Å². The zero-order chi connectivity index (χ0) is 47.6. The first-order chi connectivity index (χ1) is 30.2. The van der Waals surface area contributed by atoms with Crippen molar-refractivity contribution in [2.75, 3.05) is 0 Å². The van der Waals surface area contributed by atoms with Crippen LogP contribution in [0.3, 0.4) is 0 Å². The first-order valence-electron chi connectivity index (χ1n) is 22.5. The van der Waals surface area contributed by atoms with Gasteiger partial charge in [-0.15, -0.1) is 0 Å². The molecule has 3 rings (SSSR count). The van der Waals surface area contributed by atoms with E-state index in [-0.39, 0.29) is 44.4 Å². The van der Waals surface area contributed by atoms with Gasteiger partial charge in [0.25, 0.3) is 0 Å². The van der Waals surface area contributed by atoms with Gasteiger partial charge in [0.1, 0.15) is 18.1 Å². The molecule has 2 fully saturated rings. The number of nitrogens with two attached hydrogens (primary N) is 1. The van der Waals surface area contributed by atoms with Crippen LogP contribution in [0.15, 0.2) is 72.9 Å². The van der Waals surface area contributed by atoms with Gasteiger partial charge in [0.2, 0.25) is 0 Å². The van der Waals surface area contributed by atoms with Crippen molar-refractivity contribution in [2.45, 2.75) is 190 Å². The van der Waals surface area contributed by atoms with E-state index in [0.29, 0.717) is 0 Å². The number of aliphatic carboxylic acids is 1. The van der Waals surface area contributed by atoms with Crippen molar-refractivity contribution in [3.63, 3.8) is 0 Å². The summed E-state index contributed by atoms with van der Waals surface area (Å²) in [6, 6.07) is -1.12. The summed E-state index contributed by atoms with van der Waals surface area (Å²) in [4.78, 5) is 25.1. The van der Waals surface area contributed by atoms with Crippen LogP contribution in [0.1, 0.15) is 98.3 Å². The number of allylic oxidation sites excluding steroid dienone is 10. The van der Waals surface area contributed by atoms with E-state index in [1.807, 2.05) is 49.5 Å². The fourth-order valence-electron chi connectivity index (χ4n) is 8.15. The second kappa shape index (κ2) is 27.5. The minimum atomic E-state index is -2.17. The SMILES string of the molecule is C[C@@H]1[C@H](O)[C@@H](C)/C=C/C=C/CC/C=C/C=C/C=C/C=C/[C@H](O[C@@H]2O[C@H](C)[C@@H](O)[C@H](N)[C@@H]2O)C[C@@H]2O[C@](O)(C[C@@H](O)CCC[C@@H](O)C[C@@H](O)C[C@@H](O)CC(=O)O[C@H]1C)C[C@H](O)[C@H]2C(=O)O. The maximum atomic E-state index is 12.6. The van der Waals surface area contributed by atoms with Gasteiger partial charge in [-0.25, -0.2) is 0 Å². The first-order valence-corrected chi connectivity index (χ1v) is 22.5. The highest BCUT2D eigenvalue weighted by molar-refractivity contribution is 5.71. The van der Waals surface area contributed by atoms with Gasteiger partial charge in [0.15, 0.2) is 12.1 Å². The molecule has 0 spiro atoms. The summed E-state index contributed by atoms with van der Waals surface area (Å²) in [5.41, 5.74) is 6.03. The number of hydrogen-bond donors (Lipinski definition) is 11. The molecule has 0 amide bonds. The average molecular weight is 910 g/mol. The number of aliphatic hydroxyl groups excluding tert-OH is 8. The topological polar surface area (TPSA) is 299 Å². The van der Waals surface area contributed by atoms with Crippen LogP contribution in [0.25, 0.3) is 0 Å². The van der Waals surface area contributed by atoms with Crippen molar-refractivity contribution in [3.05, 3.63) is 72.9 Å². The Kier molecular flexibility index (Phi) is 23.7. The predicted molar refractivity (Wildman–Crippen MR) is 236 cm³/mol. The lowest BCUT2D eigenvalue weighted by Gasteiger charge is -2.45. The fraction of sp³-hybridized carbons (Fsp3) is 0.702. The Labute approximate surface area is 376 Å². The zero-order valence-corrected chi connectivity index (χ0v) is 37.5. The molecule has 12 N–H and O–H groups in total. The minimum Gasteiger partial charge on any atom is -0.481 e. The molecule has 0 aromatic rings. The van der Waals surface area contributed by atoms with Crippen LogP contribution in [0.4, 0.5) is 0 Å². The number of ether oxygens (including phenoxy) is 4. The Morgan fingerprint density at radius 2 is 1.31 bits per heavy atom. The van der Waals surface area contributed by atoms with Crippen LogP contribution in [0.5, 0.6) is 0 Å². The summed E-state index contributed by atoms with van der Waals surface area (Å²) < 4.78 is 23.3. The molecule has 64 heavy (non-hydrogen) atoms. The molecule has 0 aromatic heterocycles. The molecule has 364 valence electrons. The summed E-state index contributed by atoms with van der Waals surface area (Å²) in [6.07, 6.45) is 6.74. The molecule has 3 aliphatic heterocycles. The van der Waals surface area contributed by atoms with Crippen molar-refractivity contribution in [2.24, 2.45) is 23.5 Å². The van der Waals surface area contributed by atoms with Crippen molar-refractivity contribution < 1.29 is 79.6 Å². The maximum absolute atomic E-state index is 12.6. The molecule has 17 heteroatoms. The summed E-state index contributed by atoms with van der Waals surface area (Å²) in [6.45, 7) is 6.85. The summed E-state index contributed by atoms with van der Waals surface area (Å²) in [5.74, 6) is -6.45. The van der Waals surface area contributed by atoms with Crippen LogP contribution in [0, 0.1) is 17.8 Å². The summed E-state index contributed by atoms with van der Waals surface area (Å²) in [7, 11) is 0. The molecule has 3 heterocycles. The summed E-state index contributed by atoms with van der Waals surface area (Å²) >= 11 is 0. The first kappa shape index (κ1) is 55.2. The van der Waals surface area contributed by atoms with Gasteiger partial charge in [-0.05, 0) is 58.8 Å². The molecule has 0 unspecified atom stereocenters. The lowest BCUT2D eigenvalue weighted by molar-refractivity contribution is -0.308. The standard InChI is InChI=1S/C47H75NO16/c1-28-18-15-13-11-9-7-5-6-8-10-12-14-16-21-36(63-46-44(57)41(48)43(56)31(4)62-46)25-38-40(45(58)59)37(53)27-47(60,64-38)26-33(50)20-17-19-32(49)22-34(51)23-35(52)24-39(54)61-30(3)29(2)42(28)55/h5-6,8,10-16,18,21,28-38,40-44,46,49-53,55-57,60H,7,9,17,19-20,22-27,48H2,1-4H3,(H,58,59)/b6-5+,10-8+,13-11+,14-12+,18-15+,21-16+/t28-,29-,30-,31+,32+,33-,34+,35+,36-,37-,38-,40+,41-,42+,43+,44-,46-,47+/m0/s1. The van der Waals surface area contributed by atoms with Gasteiger partial charge in [0.05, 0.1) is 73.5 Å². The molecule has 2 bridgehead atoms. The highest BCUT2D eigenvalue weighted by Gasteiger charge is 2.50. The van der Waals surface area contributed by atoms with Crippen LogP contribution < -0.4 is 5.73 Å². The highest BCUT2D eigenvalue weighted by Crippen LogP contribution is 2.38. The van der Waals surface area contributed by atoms with Gasteiger partial charge < -0.3 is 75.7 Å². The number of fused-ring (bicyclic) bond motifs is 2. The van der Waals surface area contributed by atoms with Crippen LogP contribution in [0.2, 0.25) is 0 Å². The van der Waals surface area contributed by atoms with E-state index < -0.39 is 134 Å². The Morgan fingerprint density at radius 1 is 0.719 bits per heavy atom. The van der Waals surface area contributed by atoms with Crippen LogP contribution in [-0.2, 0) is 28.5 Å². The van der Waals surface area contributed by atoms with E-state index in [9.17, 15) is 60.7 Å². The van der Waals surface area contributed by atoms with Crippen molar-refractivity contribution in [3.8, 4) is 0 Å². The number of carboxylic acids is 1. The van der Waals surface area contributed by atoms with E-state index in [1.54, 1.807) is 51.2 Å². The number of carbonyl (C=O) groups excluding carboxylic acids is 1. The number of aliphatic hydroxyl groups is 9. The predicted octanol–water partition coefficient (Wildman–Crippen LogP) is 1.96. The number of carbonyl (C=O) groups is 2. The lowest BCUT2D eigenvalue weighted by atomic mass is 9.83. The van der Waals surface area contributed by atoms with E-state index in [2.05, 4.69) is 0 Å². The molecule has 0 aromatic carbocycles. The van der Waals surface area contributed by atoms with Gasteiger partial charge in [-0.2, -0.15) is 0 Å². The van der Waals surface area contributed by atoms with Gasteiger partial charge in [-0.3, -0.25) is 9.59 Å². The third kappa shape index (κ3) is 18.6. The van der Waals surface area contributed by atoms with E-state index in [4.69, 9.17) is 24.7 Å². The van der Waals surface area contributed by atoms with E-state index in [0.717, 1.165) is 12.8 Å². The van der Waals surface area contributed by atoms with Crippen molar-refractivity contribution in [1.29, 1.82) is 0 Å². The quantitative estimate of drug-likeness (QED) is 0.180. The van der Waals surface area contributed by atoms with Gasteiger partial charge >= 0.3 is 11.9 Å². The molecule has 18 atom stereocenters. The molecule has 17 nitrogen and oxygen atoms in total. The second-order valence-corrected chi connectivity index (χ2v) is 17.7. The van der Waals surface area contributed by atoms with Crippen molar-refractivity contribution >= 4 is 11.9 Å². The normalized spacial score (nSPS) is 44.6. The third-order valence-corrected chi connectivity index (χ3v) is 12.1. The minimum absolute atomic E-state index is 0.0556. The van der Waals surface area contributed by atoms with Gasteiger partial charge in [0, 0.05) is 31.1 Å². The zero-order valence-electron chi connectivity index (χ0n) is 37.5. The number of esters is 1. The Morgan fingerprint density at radius 3 is 1.98 bits per heavy atom. The molecular weight excluding hydrogens is 835 g/mol. The van der Waals surface area contributed by atoms with Crippen LogP contribution in [-0.4, -0.2) is 154 Å². The lowest BCUT2D eigenvalue weighted by Crippen LogP contribution is -2.61. The number of carboxylic acid groups (broad SMARTS) is 1. The van der Waals surface area contributed by atoms with Crippen molar-refractivity contribution in [1.82, 2.24) is 0 Å². The van der Waals surface area contributed by atoms with E-state index >= 15 is 0 Å². The maximum Gasteiger partial charge on any atom is 0.311 e. The number of cyclic esters (lactones) is 1. The molecule has 0 aliphatic carbocycles. The second-order valence-electron chi connectivity index (χ2n) is 17.7. The monoisotopic (exact) mass is 910 g/mol. The van der Waals surface area contributed by atoms with Gasteiger partial charge in [-0.1, -0.05) is 86.8 Å². The number of rotatable bonds is 3. The summed E-state index contributed by atoms with van der Waals surface area (Å²) in [5, 5.41) is 107. The smallest absolute Gasteiger partial charge is 0.311 e. The Bertz CT molecular complexity index is 1580. The van der Waals surface area contributed by atoms with Crippen LogP contribution >= 0.6 is 0 Å². The average Bonchev–Trinajstić information content (AvgIpc) is 3.20. The highest BCUT2D eigenvalue weighted by atomic mass is 16.7. The molecule has 0 saturated carbocycles. The largest absolute Gasteiger partial charge is 0.481 e. The molecule has 3 aliphatic rings. The Hall–Kier alpha value is -3.14. The fourth-order valence-corrected chi connectivity index (χ4v) is 8.15. The number of hydrogen-bond acceptors (Lipinski definition) is 16. The molecule has 0 radical (unpaired) electrons. The molecule has 2 saturated heterocycles. The third-order valence-electron chi connectivity index (χ3n) is 12.1. The molecular formula is C47H75NO16.